The maximum absolute atomic E-state index is 10.9. The Kier molecular flexibility index (Phi) is 6.12. The van der Waals surface area contributed by atoms with Gasteiger partial charge in [-0.3, -0.25) is 9.59 Å². The van der Waals surface area contributed by atoms with E-state index in [4.69, 9.17) is 4.74 Å². The summed E-state index contributed by atoms with van der Waals surface area (Å²) in [7, 11) is 0. The van der Waals surface area contributed by atoms with Crippen LogP contribution in [0.4, 0.5) is 0 Å². The Morgan fingerprint density at radius 1 is 1.38 bits per heavy atom. The molecule has 3 heteroatoms. The second-order valence-corrected chi connectivity index (χ2v) is 4.60. The number of carbonyl (C=O) groups excluding carboxylic acids is 2. The molecule has 1 aliphatic carbocycles. The van der Waals surface area contributed by atoms with Crippen molar-refractivity contribution < 1.29 is 14.3 Å². The van der Waals surface area contributed by atoms with Crippen LogP contribution >= 0.6 is 0 Å². The van der Waals surface area contributed by atoms with E-state index < -0.39 is 0 Å². The van der Waals surface area contributed by atoms with Crippen molar-refractivity contribution in [2.24, 2.45) is 11.8 Å². The highest BCUT2D eigenvalue weighted by molar-refractivity contribution is 5.65. The molecule has 0 saturated heterocycles. The maximum atomic E-state index is 10.9. The van der Waals surface area contributed by atoms with Gasteiger partial charge in [0.2, 0.25) is 6.29 Å². The van der Waals surface area contributed by atoms with Gasteiger partial charge in [-0.15, -0.1) is 0 Å². The van der Waals surface area contributed by atoms with Gasteiger partial charge in [0.15, 0.2) is 0 Å². The molecular formula is C13H21O3. The van der Waals surface area contributed by atoms with E-state index in [0.29, 0.717) is 12.5 Å². The summed E-state index contributed by atoms with van der Waals surface area (Å²) in [6.45, 7) is 1.84. The zero-order valence-electron chi connectivity index (χ0n) is 10.0. The van der Waals surface area contributed by atoms with E-state index in [9.17, 15) is 9.59 Å². The van der Waals surface area contributed by atoms with Gasteiger partial charge in [-0.2, -0.15) is 0 Å². The average Bonchev–Trinajstić information content (AvgIpc) is 2.30. The van der Waals surface area contributed by atoms with E-state index in [1.165, 1.54) is 26.2 Å². The third kappa shape index (κ3) is 4.77. The summed E-state index contributed by atoms with van der Waals surface area (Å²) in [6.07, 6.45) is 9.86. The van der Waals surface area contributed by atoms with E-state index in [1.807, 2.05) is 0 Å². The van der Waals surface area contributed by atoms with Gasteiger partial charge >= 0.3 is 5.97 Å². The zero-order valence-corrected chi connectivity index (χ0v) is 10.0. The summed E-state index contributed by atoms with van der Waals surface area (Å²) in [4.78, 5) is 21.5. The predicted molar refractivity (Wildman–Crippen MR) is 61.6 cm³/mol. The van der Waals surface area contributed by atoms with Gasteiger partial charge in [-0.25, -0.2) is 0 Å². The van der Waals surface area contributed by atoms with E-state index in [0.717, 1.165) is 25.7 Å². The number of hydrogen-bond donors (Lipinski definition) is 0. The van der Waals surface area contributed by atoms with Crippen LogP contribution in [-0.2, 0) is 14.3 Å². The van der Waals surface area contributed by atoms with Crippen molar-refractivity contribution >= 4 is 12.3 Å². The lowest BCUT2D eigenvalue weighted by Crippen LogP contribution is -2.19. The number of hydrogen-bond acceptors (Lipinski definition) is 3. The van der Waals surface area contributed by atoms with Crippen molar-refractivity contribution in [3.05, 3.63) is 0 Å². The Hall–Kier alpha value is -0.860. The van der Waals surface area contributed by atoms with Gasteiger partial charge in [-0.1, -0.05) is 19.3 Å². The van der Waals surface area contributed by atoms with Crippen molar-refractivity contribution in [3.8, 4) is 0 Å². The SMILES string of the molecule is CC(=O)OCCCC([C]=O)C1CCCCC1. The monoisotopic (exact) mass is 225 g/mol. The van der Waals surface area contributed by atoms with E-state index in [-0.39, 0.29) is 11.9 Å². The fraction of sp³-hybridized carbons (Fsp3) is 0.846. The molecule has 0 heterocycles. The van der Waals surface area contributed by atoms with Crippen LogP contribution in [0.15, 0.2) is 0 Å². The number of esters is 1. The van der Waals surface area contributed by atoms with Crippen LogP contribution < -0.4 is 0 Å². The molecule has 0 N–H and O–H groups in total. The van der Waals surface area contributed by atoms with Gasteiger partial charge in [0.05, 0.1) is 6.61 Å². The highest BCUT2D eigenvalue weighted by atomic mass is 16.5. The van der Waals surface area contributed by atoms with Crippen LogP contribution in [0.3, 0.4) is 0 Å². The standard InChI is InChI=1S/C13H21O3/c1-11(15)16-9-5-8-13(10-14)12-6-3-2-4-7-12/h12-13H,2-9H2,1H3. The number of ether oxygens (including phenoxy) is 1. The lowest BCUT2D eigenvalue weighted by Gasteiger charge is -2.26. The number of rotatable bonds is 6. The van der Waals surface area contributed by atoms with Crippen molar-refractivity contribution in [2.75, 3.05) is 6.61 Å². The lowest BCUT2D eigenvalue weighted by atomic mass is 9.79. The molecule has 1 radical (unpaired) electrons. The molecule has 0 spiro atoms. The van der Waals surface area contributed by atoms with Crippen LogP contribution in [-0.4, -0.2) is 18.9 Å². The number of carbonyl (C=O) groups is 1. The smallest absolute Gasteiger partial charge is 0.302 e. The van der Waals surface area contributed by atoms with Crippen LogP contribution in [0.25, 0.3) is 0 Å². The lowest BCUT2D eigenvalue weighted by molar-refractivity contribution is -0.141. The molecule has 0 aromatic rings. The second kappa shape index (κ2) is 7.42. The minimum Gasteiger partial charge on any atom is -0.466 e. The fourth-order valence-corrected chi connectivity index (χ4v) is 2.45. The summed E-state index contributed by atoms with van der Waals surface area (Å²) in [5.41, 5.74) is 0. The largest absolute Gasteiger partial charge is 0.466 e. The molecule has 0 aromatic carbocycles. The molecule has 3 nitrogen and oxygen atoms in total. The molecule has 1 fully saturated rings. The van der Waals surface area contributed by atoms with E-state index in [2.05, 4.69) is 6.29 Å². The minimum atomic E-state index is -0.246. The molecule has 0 bridgehead atoms. The molecule has 16 heavy (non-hydrogen) atoms. The summed E-state index contributed by atoms with van der Waals surface area (Å²) in [5, 5.41) is 0. The molecule has 0 aliphatic heterocycles. The molecule has 0 aromatic heterocycles. The zero-order chi connectivity index (χ0) is 11.8. The Balaban J connectivity index is 2.20. The summed E-state index contributed by atoms with van der Waals surface area (Å²) >= 11 is 0. The van der Waals surface area contributed by atoms with Crippen LogP contribution in [0.2, 0.25) is 0 Å². The van der Waals surface area contributed by atoms with Gasteiger partial charge in [0, 0.05) is 12.8 Å². The molecule has 1 rings (SSSR count). The normalized spacial score (nSPS) is 19.1. The Bertz CT molecular complexity index is 219. The van der Waals surface area contributed by atoms with Crippen molar-refractivity contribution in [2.45, 2.75) is 51.9 Å². The fourth-order valence-electron chi connectivity index (χ4n) is 2.45. The van der Waals surface area contributed by atoms with E-state index in [1.54, 1.807) is 0 Å². The minimum absolute atomic E-state index is 0.0517. The van der Waals surface area contributed by atoms with Crippen molar-refractivity contribution in [1.82, 2.24) is 0 Å². The molecule has 0 amide bonds. The Morgan fingerprint density at radius 3 is 2.62 bits per heavy atom. The third-order valence-electron chi connectivity index (χ3n) is 3.34. The quantitative estimate of drug-likeness (QED) is 0.515. The van der Waals surface area contributed by atoms with Gasteiger partial charge < -0.3 is 4.74 Å². The highest BCUT2D eigenvalue weighted by Crippen LogP contribution is 2.31. The highest BCUT2D eigenvalue weighted by Gasteiger charge is 2.23. The summed E-state index contributed by atoms with van der Waals surface area (Å²) in [6, 6.07) is 0. The van der Waals surface area contributed by atoms with Gasteiger partial charge in [0.1, 0.15) is 0 Å². The summed E-state index contributed by atoms with van der Waals surface area (Å²) in [5.74, 6) is 0.323. The molecule has 1 aliphatic rings. The maximum Gasteiger partial charge on any atom is 0.302 e. The van der Waals surface area contributed by atoms with Crippen LogP contribution in [0, 0.1) is 11.8 Å². The second-order valence-electron chi connectivity index (χ2n) is 4.60. The van der Waals surface area contributed by atoms with Crippen molar-refractivity contribution in [3.63, 3.8) is 0 Å². The van der Waals surface area contributed by atoms with Crippen molar-refractivity contribution in [1.29, 1.82) is 0 Å². The first-order valence-electron chi connectivity index (χ1n) is 6.25. The topological polar surface area (TPSA) is 43.4 Å². The molecule has 91 valence electrons. The van der Waals surface area contributed by atoms with E-state index >= 15 is 0 Å². The predicted octanol–water partition coefficient (Wildman–Crippen LogP) is 2.64. The van der Waals surface area contributed by atoms with Gasteiger partial charge in [-0.05, 0) is 31.6 Å². The molecule has 1 atom stereocenters. The first-order valence-corrected chi connectivity index (χ1v) is 6.25. The average molecular weight is 225 g/mol. The first-order chi connectivity index (χ1) is 7.74. The third-order valence-corrected chi connectivity index (χ3v) is 3.34. The summed E-state index contributed by atoms with van der Waals surface area (Å²) < 4.78 is 4.86. The van der Waals surface area contributed by atoms with Crippen LogP contribution in [0.1, 0.15) is 51.9 Å². The molecule has 1 saturated carbocycles. The Labute approximate surface area is 97.5 Å². The van der Waals surface area contributed by atoms with Gasteiger partial charge in [0.25, 0.3) is 0 Å². The van der Waals surface area contributed by atoms with Crippen LogP contribution in [0.5, 0.6) is 0 Å². The molecule has 1 unspecified atom stereocenters. The first kappa shape index (κ1) is 13.2. The molecular weight excluding hydrogens is 204 g/mol. The Morgan fingerprint density at radius 2 is 2.06 bits per heavy atom.